The summed E-state index contributed by atoms with van der Waals surface area (Å²) >= 11 is 0. The average Bonchev–Trinajstić information content (AvgIpc) is 3.24. The van der Waals surface area contributed by atoms with Crippen molar-refractivity contribution < 1.29 is 4.79 Å². The molecule has 21 heavy (non-hydrogen) atoms. The molecule has 0 atom stereocenters. The summed E-state index contributed by atoms with van der Waals surface area (Å²) in [4.78, 5) is 18.3. The minimum atomic E-state index is 0.0164. The molecule has 0 saturated heterocycles. The van der Waals surface area contributed by atoms with Gasteiger partial charge in [0.15, 0.2) is 5.96 Å². The predicted molar refractivity (Wildman–Crippen MR) is 87.5 cm³/mol. The molecule has 0 unspecified atom stereocenters. The molecule has 3 N–H and O–H groups in total. The van der Waals surface area contributed by atoms with E-state index in [0.29, 0.717) is 19.6 Å². The number of nitrogens with zero attached hydrogens (tertiary/aromatic N) is 2. The van der Waals surface area contributed by atoms with E-state index in [-0.39, 0.29) is 17.4 Å². The van der Waals surface area contributed by atoms with Crippen LogP contribution >= 0.6 is 0 Å². The first kappa shape index (κ1) is 17.8. The Hall–Kier alpha value is -1.30. The minimum Gasteiger partial charge on any atom is -0.357 e. The summed E-state index contributed by atoms with van der Waals surface area (Å²) in [7, 11) is 4.12. The topological polar surface area (TPSA) is 68.8 Å². The molecular weight excluding hydrogens is 266 g/mol. The molecule has 122 valence electrons. The van der Waals surface area contributed by atoms with Crippen molar-refractivity contribution in [2.24, 2.45) is 10.9 Å². The number of guanidine groups is 1. The van der Waals surface area contributed by atoms with Gasteiger partial charge in [0.1, 0.15) is 0 Å². The molecule has 0 aromatic carbocycles. The lowest BCUT2D eigenvalue weighted by Crippen LogP contribution is -2.45. The molecule has 6 heteroatoms. The third-order valence-corrected chi connectivity index (χ3v) is 3.84. The highest BCUT2D eigenvalue weighted by Crippen LogP contribution is 2.28. The molecule has 0 spiro atoms. The summed E-state index contributed by atoms with van der Waals surface area (Å²) in [5.41, 5.74) is 0.0164. The molecule has 0 aliphatic heterocycles. The Morgan fingerprint density at radius 1 is 1.19 bits per heavy atom. The highest BCUT2D eigenvalue weighted by molar-refractivity contribution is 5.81. The van der Waals surface area contributed by atoms with Crippen LogP contribution in [-0.2, 0) is 4.79 Å². The largest absolute Gasteiger partial charge is 0.357 e. The average molecular weight is 297 g/mol. The molecule has 6 nitrogen and oxygen atoms in total. The SMILES string of the molecule is CCNC(=NCC(C)(C)N(C)C)NCCNC(=O)C1CC1. The molecule has 1 rings (SSSR count). The van der Waals surface area contributed by atoms with Crippen molar-refractivity contribution in [3.8, 4) is 0 Å². The second-order valence-corrected chi connectivity index (χ2v) is 6.39. The first-order chi connectivity index (χ1) is 9.86. The van der Waals surface area contributed by atoms with Crippen LogP contribution in [0.3, 0.4) is 0 Å². The fourth-order valence-electron chi connectivity index (χ4n) is 1.61. The van der Waals surface area contributed by atoms with Crippen LogP contribution in [0.2, 0.25) is 0 Å². The zero-order valence-electron chi connectivity index (χ0n) is 14.1. The Kier molecular flexibility index (Phi) is 6.95. The van der Waals surface area contributed by atoms with E-state index in [0.717, 1.165) is 25.3 Å². The van der Waals surface area contributed by atoms with E-state index in [9.17, 15) is 4.79 Å². The third kappa shape index (κ3) is 6.80. The molecule has 1 aliphatic carbocycles. The summed E-state index contributed by atoms with van der Waals surface area (Å²) in [6.45, 7) is 9.23. The van der Waals surface area contributed by atoms with Gasteiger partial charge in [-0.05, 0) is 47.7 Å². The van der Waals surface area contributed by atoms with Crippen LogP contribution in [0.5, 0.6) is 0 Å². The second-order valence-electron chi connectivity index (χ2n) is 6.39. The van der Waals surface area contributed by atoms with Gasteiger partial charge < -0.3 is 20.9 Å². The molecule has 1 amide bonds. The number of likely N-dealkylation sites (N-methyl/N-ethyl adjacent to an activating group) is 1. The molecule has 0 aromatic heterocycles. The van der Waals surface area contributed by atoms with Gasteiger partial charge in [0, 0.05) is 31.1 Å². The number of rotatable bonds is 8. The molecule has 1 fully saturated rings. The standard InChI is InChI=1S/C15H31N5O/c1-6-16-14(19-11-15(2,3)20(4)5)18-10-9-17-13(21)12-7-8-12/h12H,6-11H2,1-5H3,(H,17,21)(H2,16,18,19). The van der Waals surface area contributed by atoms with Crippen molar-refractivity contribution in [1.29, 1.82) is 0 Å². The zero-order chi connectivity index (χ0) is 15.9. The Balaban J connectivity index is 2.32. The third-order valence-electron chi connectivity index (χ3n) is 3.84. The first-order valence-corrected chi connectivity index (χ1v) is 7.84. The van der Waals surface area contributed by atoms with Gasteiger partial charge in [-0.1, -0.05) is 0 Å². The van der Waals surface area contributed by atoms with Crippen LogP contribution in [0.25, 0.3) is 0 Å². The van der Waals surface area contributed by atoms with Crippen LogP contribution in [0, 0.1) is 5.92 Å². The molecule has 0 aromatic rings. The van der Waals surface area contributed by atoms with E-state index < -0.39 is 0 Å². The summed E-state index contributed by atoms with van der Waals surface area (Å²) in [6, 6.07) is 0. The van der Waals surface area contributed by atoms with Gasteiger partial charge in [0.2, 0.25) is 5.91 Å². The van der Waals surface area contributed by atoms with Gasteiger partial charge in [-0.2, -0.15) is 0 Å². The maximum atomic E-state index is 11.5. The smallest absolute Gasteiger partial charge is 0.223 e. The molecule has 1 aliphatic rings. The fraction of sp³-hybridized carbons (Fsp3) is 0.867. The van der Waals surface area contributed by atoms with Crippen molar-refractivity contribution in [1.82, 2.24) is 20.9 Å². The number of aliphatic imine (C=N–C) groups is 1. The minimum absolute atomic E-state index is 0.0164. The molecule has 1 saturated carbocycles. The molecule has 0 radical (unpaired) electrons. The fourth-order valence-corrected chi connectivity index (χ4v) is 1.61. The number of nitrogens with one attached hydrogen (secondary N) is 3. The lowest BCUT2D eigenvalue weighted by Gasteiger charge is -2.31. The normalized spacial score (nSPS) is 16.0. The second kappa shape index (κ2) is 8.22. The molecular formula is C15H31N5O. The van der Waals surface area contributed by atoms with E-state index in [2.05, 4.69) is 53.8 Å². The van der Waals surface area contributed by atoms with Gasteiger partial charge in [-0.25, -0.2) is 0 Å². The van der Waals surface area contributed by atoms with Crippen LogP contribution < -0.4 is 16.0 Å². The quantitative estimate of drug-likeness (QED) is 0.345. The van der Waals surface area contributed by atoms with E-state index in [1.54, 1.807) is 0 Å². The molecule has 0 bridgehead atoms. The van der Waals surface area contributed by atoms with Gasteiger partial charge in [0.05, 0.1) is 6.54 Å². The van der Waals surface area contributed by atoms with Crippen LogP contribution in [-0.4, -0.2) is 62.6 Å². The van der Waals surface area contributed by atoms with Gasteiger partial charge in [-0.15, -0.1) is 0 Å². The predicted octanol–water partition coefficient (Wildman–Crippen LogP) is 0.408. The van der Waals surface area contributed by atoms with Crippen molar-refractivity contribution in [3.63, 3.8) is 0 Å². The van der Waals surface area contributed by atoms with E-state index >= 15 is 0 Å². The van der Waals surface area contributed by atoms with Gasteiger partial charge >= 0.3 is 0 Å². The summed E-state index contributed by atoms with van der Waals surface area (Å²) < 4.78 is 0. The maximum Gasteiger partial charge on any atom is 0.223 e. The summed E-state index contributed by atoms with van der Waals surface area (Å²) in [5.74, 6) is 1.26. The van der Waals surface area contributed by atoms with Crippen molar-refractivity contribution in [2.75, 3.05) is 40.3 Å². The Morgan fingerprint density at radius 2 is 1.81 bits per heavy atom. The van der Waals surface area contributed by atoms with Crippen LogP contribution in [0.1, 0.15) is 33.6 Å². The Morgan fingerprint density at radius 3 is 2.33 bits per heavy atom. The lowest BCUT2D eigenvalue weighted by atomic mass is 10.1. The van der Waals surface area contributed by atoms with E-state index in [1.165, 1.54) is 0 Å². The maximum absolute atomic E-state index is 11.5. The number of hydrogen-bond donors (Lipinski definition) is 3. The van der Waals surface area contributed by atoms with E-state index in [1.807, 2.05) is 6.92 Å². The van der Waals surface area contributed by atoms with Gasteiger partial charge in [0.25, 0.3) is 0 Å². The van der Waals surface area contributed by atoms with Gasteiger partial charge in [-0.3, -0.25) is 9.79 Å². The first-order valence-electron chi connectivity index (χ1n) is 7.84. The monoisotopic (exact) mass is 297 g/mol. The summed E-state index contributed by atoms with van der Waals surface area (Å²) in [6.07, 6.45) is 2.09. The lowest BCUT2D eigenvalue weighted by molar-refractivity contribution is -0.122. The van der Waals surface area contributed by atoms with Crippen LogP contribution in [0.15, 0.2) is 4.99 Å². The van der Waals surface area contributed by atoms with Crippen molar-refractivity contribution >= 4 is 11.9 Å². The highest BCUT2D eigenvalue weighted by Gasteiger charge is 2.29. The summed E-state index contributed by atoms with van der Waals surface area (Å²) in [5, 5.41) is 9.42. The number of hydrogen-bond acceptors (Lipinski definition) is 3. The van der Waals surface area contributed by atoms with Crippen LogP contribution in [0.4, 0.5) is 0 Å². The number of amides is 1. The van der Waals surface area contributed by atoms with Crippen molar-refractivity contribution in [2.45, 2.75) is 39.2 Å². The van der Waals surface area contributed by atoms with E-state index in [4.69, 9.17) is 0 Å². The number of carbonyl (C=O) groups is 1. The Bertz CT molecular complexity index is 361. The molecule has 0 heterocycles. The zero-order valence-corrected chi connectivity index (χ0v) is 14.1. The number of carbonyl (C=O) groups excluding carboxylic acids is 1. The Labute approximate surface area is 128 Å². The highest BCUT2D eigenvalue weighted by atomic mass is 16.2. The van der Waals surface area contributed by atoms with Crippen molar-refractivity contribution in [3.05, 3.63) is 0 Å².